The lowest BCUT2D eigenvalue weighted by Gasteiger charge is -2.21. The largest absolute Gasteiger partial charge is 0.468 e. The van der Waals surface area contributed by atoms with Gasteiger partial charge in [0.15, 0.2) is 0 Å². The van der Waals surface area contributed by atoms with Crippen LogP contribution in [0.3, 0.4) is 0 Å². The summed E-state index contributed by atoms with van der Waals surface area (Å²) < 4.78 is 10.1. The van der Waals surface area contributed by atoms with Crippen LogP contribution in [-0.4, -0.2) is 44.1 Å². The molecule has 7 heteroatoms. The molecule has 0 radical (unpaired) electrons. The first kappa shape index (κ1) is 19.9. The molecule has 0 aliphatic heterocycles. The predicted molar refractivity (Wildman–Crippen MR) is 96.6 cm³/mol. The normalized spacial score (nSPS) is 14.5. The van der Waals surface area contributed by atoms with Crippen molar-refractivity contribution in [2.24, 2.45) is 0 Å². The molecular weight excluding hydrogens is 336 g/mol. The highest BCUT2D eigenvalue weighted by Crippen LogP contribution is 2.20. The number of rotatable bonds is 8. The van der Waals surface area contributed by atoms with Gasteiger partial charge in [-0.2, -0.15) is 0 Å². The van der Waals surface area contributed by atoms with E-state index in [1.54, 1.807) is 24.3 Å². The highest BCUT2D eigenvalue weighted by Gasteiger charge is 2.15. The van der Waals surface area contributed by atoms with Gasteiger partial charge in [-0.1, -0.05) is 31.4 Å². The second-order valence-corrected chi connectivity index (χ2v) is 6.35. The van der Waals surface area contributed by atoms with Crippen molar-refractivity contribution in [1.82, 2.24) is 5.32 Å². The Kier molecular flexibility index (Phi) is 8.08. The first-order valence-electron chi connectivity index (χ1n) is 8.90. The van der Waals surface area contributed by atoms with E-state index in [0.717, 1.165) is 18.4 Å². The maximum absolute atomic E-state index is 12.0. The smallest absolute Gasteiger partial charge is 0.325 e. The van der Waals surface area contributed by atoms with Crippen LogP contribution in [0.25, 0.3) is 0 Å². The lowest BCUT2D eigenvalue weighted by atomic mass is 9.98. The molecular formula is C19H26N2O5. The van der Waals surface area contributed by atoms with E-state index in [4.69, 9.17) is 4.74 Å². The van der Waals surface area contributed by atoms with Crippen molar-refractivity contribution in [3.05, 3.63) is 29.8 Å². The van der Waals surface area contributed by atoms with Crippen LogP contribution in [0.1, 0.15) is 37.7 Å². The van der Waals surface area contributed by atoms with Gasteiger partial charge in [0.2, 0.25) is 11.8 Å². The summed E-state index contributed by atoms with van der Waals surface area (Å²) in [7, 11) is 1.27. The van der Waals surface area contributed by atoms with Crippen molar-refractivity contribution in [1.29, 1.82) is 0 Å². The zero-order chi connectivity index (χ0) is 18.8. The van der Waals surface area contributed by atoms with E-state index in [0.29, 0.717) is 5.69 Å². The summed E-state index contributed by atoms with van der Waals surface area (Å²) in [6.45, 7) is -0.0905. The SMILES string of the molecule is COC(=O)CNC(=O)Cc1ccc(NC(=O)COC2CCCCC2)cc1. The summed E-state index contributed by atoms with van der Waals surface area (Å²) in [6, 6.07) is 6.99. The van der Waals surface area contributed by atoms with E-state index in [1.165, 1.54) is 26.4 Å². The van der Waals surface area contributed by atoms with Crippen LogP contribution in [0.15, 0.2) is 24.3 Å². The Morgan fingerprint density at radius 1 is 1.04 bits per heavy atom. The van der Waals surface area contributed by atoms with Crippen molar-refractivity contribution in [3.63, 3.8) is 0 Å². The number of ether oxygens (including phenoxy) is 2. The summed E-state index contributed by atoms with van der Waals surface area (Å²) in [5, 5.41) is 5.26. The van der Waals surface area contributed by atoms with Gasteiger partial charge in [0.25, 0.3) is 0 Å². The third kappa shape index (κ3) is 7.23. The standard InChI is InChI=1S/C19H26N2O5/c1-25-19(24)12-20-17(22)11-14-7-9-15(10-8-14)21-18(23)13-26-16-5-3-2-4-6-16/h7-10,16H,2-6,11-13H2,1H3,(H,20,22)(H,21,23). The molecule has 0 aromatic heterocycles. The number of hydrogen-bond donors (Lipinski definition) is 2. The zero-order valence-electron chi connectivity index (χ0n) is 15.1. The number of carbonyl (C=O) groups is 3. The monoisotopic (exact) mass is 362 g/mol. The summed E-state index contributed by atoms with van der Waals surface area (Å²) in [5.74, 6) is -0.945. The molecule has 0 saturated heterocycles. The number of carbonyl (C=O) groups excluding carboxylic acids is 3. The van der Waals surface area contributed by atoms with Crippen LogP contribution in [0.4, 0.5) is 5.69 Å². The van der Waals surface area contributed by atoms with Crippen molar-refractivity contribution < 1.29 is 23.9 Å². The number of nitrogens with one attached hydrogen (secondary N) is 2. The molecule has 1 aromatic carbocycles. The number of hydrogen-bond acceptors (Lipinski definition) is 5. The molecule has 1 fully saturated rings. The molecule has 0 atom stereocenters. The number of amides is 2. The van der Waals surface area contributed by atoms with E-state index in [9.17, 15) is 14.4 Å². The Labute approximate surface area is 153 Å². The Balaban J connectivity index is 1.71. The summed E-state index contributed by atoms with van der Waals surface area (Å²) >= 11 is 0. The highest BCUT2D eigenvalue weighted by molar-refractivity contribution is 5.91. The molecule has 1 saturated carbocycles. The minimum absolute atomic E-state index is 0.0579. The minimum Gasteiger partial charge on any atom is -0.468 e. The van der Waals surface area contributed by atoms with Crippen LogP contribution >= 0.6 is 0 Å². The molecule has 0 bridgehead atoms. The highest BCUT2D eigenvalue weighted by atomic mass is 16.5. The number of esters is 1. The molecule has 1 aliphatic rings. The van der Waals surface area contributed by atoms with Gasteiger partial charge in [0.1, 0.15) is 13.2 Å². The van der Waals surface area contributed by atoms with E-state index in [1.807, 2.05) is 0 Å². The second-order valence-electron chi connectivity index (χ2n) is 6.35. The first-order chi connectivity index (χ1) is 12.6. The molecule has 2 N–H and O–H groups in total. The third-order valence-electron chi connectivity index (χ3n) is 4.26. The van der Waals surface area contributed by atoms with Crippen molar-refractivity contribution in [3.8, 4) is 0 Å². The topological polar surface area (TPSA) is 93.7 Å². The van der Waals surface area contributed by atoms with Crippen LogP contribution in [-0.2, 0) is 30.3 Å². The summed E-state index contributed by atoms with van der Waals surface area (Å²) in [4.78, 5) is 34.7. The van der Waals surface area contributed by atoms with Gasteiger partial charge < -0.3 is 20.1 Å². The minimum atomic E-state index is -0.494. The van der Waals surface area contributed by atoms with E-state index < -0.39 is 5.97 Å². The van der Waals surface area contributed by atoms with Gasteiger partial charge in [-0.05, 0) is 30.5 Å². The van der Waals surface area contributed by atoms with Gasteiger partial charge in [-0.3, -0.25) is 14.4 Å². The van der Waals surface area contributed by atoms with Gasteiger partial charge in [-0.25, -0.2) is 0 Å². The van der Waals surface area contributed by atoms with E-state index in [-0.39, 0.29) is 37.5 Å². The van der Waals surface area contributed by atoms with E-state index >= 15 is 0 Å². The van der Waals surface area contributed by atoms with Crippen LogP contribution in [0, 0.1) is 0 Å². The molecule has 142 valence electrons. The quantitative estimate of drug-likeness (QED) is 0.688. The Bertz CT molecular complexity index is 609. The molecule has 0 spiro atoms. The molecule has 2 rings (SSSR count). The fourth-order valence-corrected chi connectivity index (χ4v) is 2.82. The second kappa shape index (κ2) is 10.6. The van der Waals surface area contributed by atoms with Gasteiger partial charge in [0.05, 0.1) is 19.6 Å². The summed E-state index contributed by atoms with van der Waals surface area (Å²) in [5.41, 5.74) is 1.43. The fourth-order valence-electron chi connectivity index (χ4n) is 2.82. The van der Waals surface area contributed by atoms with Gasteiger partial charge in [0, 0.05) is 5.69 Å². The first-order valence-corrected chi connectivity index (χ1v) is 8.90. The van der Waals surface area contributed by atoms with Crippen molar-refractivity contribution in [2.45, 2.75) is 44.6 Å². The maximum atomic E-state index is 12.0. The zero-order valence-corrected chi connectivity index (χ0v) is 15.1. The van der Waals surface area contributed by atoms with Crippen molar-refractivity contribution >= 4 is 23.5 Å². The van der Waals surface area contributed by atoms with Gasteiger partial charge >= 0.3 is 5.97 Å². The van der Waals surface area contributed by atoms with Gasteiger partial charge in [-0.15, -0.1) is 0 Å². The molecule has 2 amide bonds. The molecule has 0 heterocycles. The Morgan fingerprint density at radius 3 is 2.38 bits per heavy atom. The Hall–Kier alpha value is -2.41. The molecule has 7 nitrogen and oxygen atoms in total. The lowest BCUT2D eigenvalue weighted by molar-refractivity contribution is -0.141. The number of benzene rings is 1. The fraction of sp³-hybridized carbons (Fsp3) is 0.526. The lowest BCUT2D eigenvalue weighted by Crippen LogP contribution is -2.31. The average Bonchev–Trinajstić information content (AvgIpc) is 2.67. The average molecular weight is 362 g/mol. The molecule has 26 heavy (non-hydrogen) atoms. The van der Waals surface area contributed by atoms with Crippen molar-refractivity contribution in [2.75, 3.05) is 25.6 Å². The van der Waals surface area contributed by atoms with Crippen LogP contribution in [0.2, 0.25) is 0 Å². The third-order valence-corrected chi connectivity index (χ3v) is 4.26. The number of methoxy groups -OCH3 is 1. The summed E-state index contributed by atoms with van der Waals surface area (Å²) in [6.07, 6.45) is 5.98. The molecule has 1 aliphatic carbocycles. The van der Waals surface area contributed by atoms with E-state index in [2.05, 4.69) is 15.4 Å². The van der Waals surface area contributed by atoms with Crippen LogP contribution < -0.4 is 10.6 Å². The Morgan fingerprint density at radius 2 is 1.73 bits per heavy atom. The molecule has 0 unspecified atom stereocenters. The number of anilines is 1. The maximum Gasteiger partial charge on any atom is 0.325 e. The predicted octanol–water partition coefficient (Wildman–Crippen LogP) is 1.81. The van der Waals surface area contributed by atoms with Crippen LogP contribution in [0.5, 0.6) is 0 Å². The molecule has 1 aromatic rings.